The van der Waals surface area contributed by atoms with E-state index in [-0.39, 0.29) is 12.6 Å². The van der Waals surface area contributed by atoms with Crippen LogP contribution in [0.25, 0.3) is 10.9 Å². The van der Waals surface area contributed by atoms with Crippen LogP contribution in [0, 0.1) is 0 Å². The summed E-state index contributed by atoms with van der Waals surface area (Å²) >= 11 is 6.16. The average Bonchev–Trinajstić information content (AvgIpc) is 2.45. The van der Waals surface area contributed by atoms with Crippen molar-refractivity contribution in [1.29, 1.82) is 0 Å². The minimum atomic E-state index is -0.350. The van der Waals surface area contributed by atoms with Gasteiger partial charge < -0.3 is 20.3 Å². The summed E-state index contributed by atoms with van der Waals surface area (Å²) in [6, 6.07) is 5.11. The maximum Gasteiger partial charge on any atom is 0.162 e. The van der Waals surface area contributed by atoms with Gasteiger partial charge in [-0.2, -0.15) is 0 Å². The number of aliphatic hydroxyl groups is 1. The summed E-state index contributed by atoms with van der Waals surface area (Å²) in [5, 5.41) is 10.2. The second-order valence-electron chi connectivity index (χ2n) is 4.39. The molecule has 6 heteroatoms. The molecule has 0 unspecified atom stereocenters. The molecule has 20 heavy (non-hydrogen) atoms. The summed E-state index contributed by atoms with van der Waals surface area (Å²) in [6.07, 6.45) is 0.431. The van der Waals surface area contributed by atoms with E-state index in [1.54, 1.807) is 20.3 Å². The SMILES string of the molecule is COc1cc2cc([C@H](N)CCO)c(Cl)nc2cc1OC. The molecule has 1 aromatic carbocycles. The van der Waals surface area contributed by atoms with E-state index in [4.69, 9.17) is 31.9 Å². The number of benzene rings is 1. The molecule has 0 spiro atoms. The number of aromatic nitrogens is 1. The minimum absolute atomic E-state index is 0.00145. The van der Waals surface area contributed by atoms with Crippen molar-refractivity contribution >= 4 is 22.5 Å². The van der Waals surface area contributed by atoms with Gasteiger partial charge in [-0.1, -0.05) is 11.6 Å². The first kappa shape index (κ1) is 14.8. The summed E-state index contributed by atoms with van der Waals surface area (Å²) in [5.41, 5.74) is 7.39. The van der Waals surface area contributed by atoms with Crippen LogP contribution in [0.4, 0.5) is 0 Å². The predicted octanol–water partition coefficient (Wildman–Crippen LogP) is 2.29. The molecule has 5 nitrogen and oxygen atoms in total. The number of rotatable bonds is 5. The van der Waals surface area contributed by atoms with E-state index in [2.05, 4.69) is 4.98 Å². The van der Waals surface area contributed by atoms with E-state index in [1.807, 2.05) is 12.1 Å². The van der Waals surface area contributed by atoms with Gasteiger partial charge in [0.15, 0.2) is 11.5 Å². The number of methoxy groups -OCH3 is 2. The van der Waals surface area contributed by atoms with Gasteiger partial charge in [0.25, 0.3) is 0 Å². The molecule has 0 bridgehead atoms. The Kier molecular flexibility index (Phi) is 4.65. The highest BCUT2D eigenvalue weighted by molar-refractivity contribution is 6.30. The summed E-state index contributed by atoms with van der Waals surface area (Å²) in [6.45, 7) is 0.00145. The van der Waals surface area contributed by atoms with Crippen LogP contribution in [0.2, 0.25) is 5.15 Å². The number of nitrogens with zero attached hydrogens (tertiary/aromatic N) is 1. The third-order valence-electron chi connectivity index (χ3n) is 3.14. The molecule has 0 aliphatic rings. The van der Waals surface area contributed by atoms with Gasteiger partial charge in [-0.3, -0.25) is 0 Å². The molecule has 2 aromatic rings. The van der Waals surface area contributed by atoms with Crippen molar-refractivity contribution in [3.05, 3.63) is 28.9 Å². The smallest absolute Gasteiger partial charge is 0.162 e. The summed E-state index contributed by atoms with van der Waals surface area (Å²) in [4.78, 5) is 4.33. The number of hydrogen-bond donors (Lipinski definition) is 2. The first-order chi connectivity index (χ1) is 9.60. The van der Waals surface area contributed by atoms with Gasteiger partial charge in [-0.25, -0.2) is 4.98 Å². The zero-order chi connectivity index (χ0) is 14.7. The monoisotopic (exact) mass is 296 g/mol. The molecule has 0 aliphatic carbocycles. The molecule has 1 atom stereocenters. The van der Waals surface area contributed by atoms with Crippen molar-refractivity contribution in [3.63, 3.8) is 0 Å². The quantitative estimate of drug-likeness (QED) is 0.828. The van der Waals surface area contributed by atoms with Crippen LogP contribution >= 0.6 is 11.6 Å². The van der Waals surface area contributed by atoms with Gasteiger partial charge in [0.05, 0.1) is 19.7 Å². The van der Waals surface area contributed by atoms with Crippen LogP contribution in [-0.2, 0) is 0 Å². The molecule has 3 N–H and O–H groups in total. The number of fused-ring (bicyclic) bond motifs is 1. The van der Waals surface area contributed by atoms with E-state index < -0.39 is 0 Å². The second kappa shape index (κ2) is 6.26. The normalized spacial score (nSPS) is 12.4. The summed E-state index contributed by atoms with van der Waals surface area (Å²) in [7, 11) is 3.14. The Hall–Kier alpha value is -1.56. The number of nitrogens with two attached hydrogens (primary N) is 1. The van der Waals surface area contributed by atoms with Gasteiger partial charge in [-0.15, -0.1) is 0 Å². The zero-order valence-electron chi connectivity index (χ0n) is 11.4. The van der Waals surface area contributed by atoms with Crippen molar-refractivity contribution in [1.82, 2.24) is 4.98 Å². The molecule has 0 fully saturated rings. The van der Waals surface area contributed by atoms with Crippen LogP contribution in [0.1, 0.15) is 18.0 Å². The van der Waals surface area contributed by atoms with Crippen molar-refractivity contribution in [2.24, 2.45) is 5.73 Å². The highest BCUT2D eigenvalue weighted by Gasteiger charge is 2.14. The molecule has 108 valence electrons. The molecule has 0 radical (unpaired) electrons. The van der Waals surface area contributed by atoms with Crippen LogP contribution in [0.15, 0.2) is 18.2 Å². The van der Waals surface area contributed by atoms with E-state index >= 15 is 0 Å². The van der Waals surface area contributed by atoms with E-state index in [9.17, 15) is 0 Å². The Morgan fingerprint density at radius 2 is 1.90 bits per heavy atom. The molecule has 1 heterocycles. The molecule has 1 aromatic heterocycles. The topological polar surface area (TPSA) is 77.6 Å². The molecule has 2 rings (SSSR count). The maximum atomic E-state index is 8.97. The van der Waals surface area contributed by atoms with Gasteiger partial charge in [-0.05, 0) is 18.6 Å². The Morgan fingerprint density at radius 3 is 2.50 bits per heavy atom. The highest BCUT2D eigenvalue weighted by Crippen LogP contribution is 2.34. The van der Waals surface area contributed by atoms with E-state index in [0.717, 1.165) is 5.39 Å². The van der Waals surface area contributed by atoms with Gasteiger partial charge in [0.2, 0.25) is 0 Å². The fraction of sp³-hybridized carbons (Fsp3) is 0.357. The fourth-order valence-electron chi connectivity index (χ4n) is 2.05. The average molecular weight is 297 g/mol. The predicted molar refractivity (Wildman–Crippen MR) is 78.5 cm³/mol. The van der Waals surface area contributed by atoms with Crippen molar-refractivity contribution in [2.45, 2.75) is 12.5 Å². The Balaban J connectivity index is 2.57. The molecular weight excluding hydrogens is 280 g/mol. The third kappa shape index (κ3) is 2.80. The molecule has 0 saturated heterocycles. The van der Waals surface area contributed by atoms with E-state index in [0.29, 0.717) is 34.2 Å². The van der Waals surface area contributed by atoms with Crippen molar-refractivity contribution in [3.8, 4) is 11.5 Å². The van der Waals surface area contributed by atoms with Gasteiger partial charge in [0.1, 0.15) is 5.15 Å². The van der Waals surface area contributed by atoms with Gasteiger partial charge >= 0.3 is 0 Å². The molecule has 0 aliphatic heterocycles. The Labute approximate surface area is 122 Å². The highest BCUT2D eigenvalue weighted by atomic mass is 35.5. The van der Waals surface area contributed by atoms with Gasteiger partial charge in [0, 0.05) is 29.7 Å². The number of pyridine rings is 1. The number of ether oxygens (including phenoxy) is 2. The molecule has 0 saturated carbocycles. The zero-order valence-corrected chi connectivity index (χ0v) is 12.1. The lowest BCUT2D eigenvalue weighted by atomic mass is 10.0. The fourth-order valence-corrected chi connectivity index (χ4v) is 2.33. The lowest BCUT2D eigenvalue weighted by molar-refractivity contribution is 0.276. The van der Waals surface area contributed by atoms with Crippen LogP contribution in [-0.4, -0.2) is 30.9 Å². The van der Waals surface area contributed by atoms with Crippen molar-refractivity contribution in [2.75, 3.05) is 20.8 Å². The second-order valence-corrected chi connectivity index (χ2v) is 4.75. The van der Waals surface area contributed by atoms with Crippen molar-refractivity contribution < 1.29 is 14.6 Å². The largest absolute Gasteiger partial charge is 0.493 e. The minimum Gasteiger partial charge on any atom is -0.493 e. The third-order valence-corrected chi connectivity index (χ3v) is 3.44. The maximum absolute atomic E-state index is 8.97. The number of aliphatic hydroxyl groups excluding tert-OH is 1. The lowest BCUT2D eigenvalue weighted by Gasteiger charge is -2.14. The first-order valence-corrected chi connectivity index (χ1v) is 6.57. The summed E-state index contributed by atoms with van der Waals surface area (Å²) in [5.74, 6) is 1.21. The molecule has 0 amide bonds. The van der Waals surface area contributed by atoms with Crippen LogP contribution < -0.4 is 15.2 Å². The standard InChI is InChI=1S/C14H17ClN2O3/c1-19-12-6-8-5-9(10(16)3-4-18)14(15)17-11(8)7-13(12)20-2/h5-7,10,18H,3-4,16H2,1-2H3/t10-/m1/s1. The summed E-state index contributed by atoms with van der Waals surface area (Å²) < 4.78 is 10.5. The van der Waals surface area contributed by atoms with Crippen LogP contribution in [0.5, 0.6) is 11.5 Å². The number of halogens is 1. The lowest BCUT2D eigenvalue weighted by Crippen LogP contribution is -2.13. The Bertz CT molecular complexity index is 619. The number of hydrogen-bond acceptors (Lipinski definition) is 5. The van der Waals surface area contributed by atoms with Crippen LogP contribution in [0.3, 0.4) is 0 Å². The first-order valence-electron chi connectivity index (χ1n) is 6.19. The molecular formula is C14H17ClN2O3. The van der Waals surface area contributed by atoms with E-state index in [1.165, 1.54) is 0 Å². The Morgan fingerprint density at radius 1 is 1.25 bits per heavy atom.